The van der Waals surface area contributed by atoms with E-state index in [0.717, 1.165) is 12.1 Å². The quantitative estimate of drug-likeness (QED) is 0.448. The predicted molar refractivity (Wildman–Crippen MR) is 104 cm³/mol. The van der Waals surface area contributed by atoms with Crippen LogP contribution in [-0.4, -0.2) is 22.5 Å². The molecule has 4 nitrogen and oxygen atoms in total. The van der Waals surface area contributed by atoms with Crippen molar-refractivity contribution in [1.82, 2.24) is 9.78 Å². The Morgan fingerprint density at radius 1 is 1.07 bits per heavy atom. The van der Waals surface area contributed by atoms with Gasteiger partial charge in [-0.05, 0) is 48.7 Å². The summed E-state index contributed by atoms with van der Waals surface area (Å²) in [5.41, 5.74) is 1.24. The number of allylic oxidation sites excluding steroid dienone is 1. The van der Waals surface area contributed by atoms with Gasteiger partial charge in [-0.15, -0.1) is 0 Å². The standard InChI is InChI=1S/C21H18F4N4/c1-14-10-16(22)12-18(24)20(14)27-6-2-5-26-8-4-15-11-17(23)13-19(25)21(15)29-9-3-7-28-29/h2-3,5-7,9-13,27H,4,8H2,1H3/b6-2-,26-5+. The van der Waals surface area contributed by atoms with Crippen molar-refractivity contribution in [2.75, 3.05) is 11.9 Å². The van der Waals surface area contributed by atoms with Gasteiger partial charge in [0.1, 0.15) is 23.1 Å². The molecule has 1 heterocycles. The van der Waals surface area contributed by atoms with Crippen molar-refractivity contribution in [3.05, 3.63) is 89.4 Å². The highest BCUT2D eigenvalue weighted by molar-refractivity contribution is 5.72. The van der Waals surface area contributed by atoms with Gasteiger partial charge < -0.3 is 5.32 Å². The fourth-order valence-corrected chi connectivity index (χ4v) is 2.85. The molecule has 29 heavy (non-hydrogen) atoms. The number of hydrogen-bond acceptors (Lipinski definition) is 3. The zero-order valence-electron chi connectivity index (χ0n) is 15.5. The molecule has 0 aliphatic rings. The molecule has 0 aliphatic heterocycles. The van der Waals surface area contributed by atoms with Crippen LogP contribution in [0.5, 0.6) is 0 Å². The monoisotopic (exact) mass is 402 g/mol. The molecule has 0 bridgehead atoms. The Bertz CT molecular complexity index is 1020. The summed E-state index contributed by atoms with van der Waals surface area (Å²) in [4.78, 5) is 4.16. The van der Waals surface area contributed by atoms with Gasteiger partial charge in [-0.2, -0.15) is 5.10 Å². The molecule has 0 atom stereocenters. The number of nitrogens with zero attached hydrogens (tertiary/aromatic N) is 3. The van der Waals surface area contributed by atoms with Gasteiger partial charge in [0.05, 0.1) is 5.69 Å². The van der Waals surface area contributed by atoms with E-state index in [1.807, 2.05) is 0 Å². The lowest BCUT2D eigenvalue weighted by molar-refractivity contribution is 0.569. The van der Waals surface area contributed by atoms with E-state index in [2.05, 4.69) is 15.4 Å². The molecule has 150 valence electrons. The van der Waals surface area contributed by atoms with Crippen molar-refractivity contribution >= 4 is 11.9 Å². The number of hydrogen-bond donors (Lipinski definition) is 1. The Labute approximate surface area is 165 Å². The van der Waals surface area contributed by atoms with E-state index in [4.69, 9.17) is 0 Å². The Kier molecular flexibility index (Phi) is 6.43. The SMILES string of the molecule is Cc1cc(F)cc(F)c1N/C=C\C=N\CCc1cc(F)cc(F)c1-n1cccn1. The van der Waals surface area contributed by atoms with Crippen LogP contribution in [0.2, 0.25) is 0 Å². The first-order valence-electron chi connectivity index (χ1n) is 8.81. The molecule has 0 unspecified atom stereocenters. The average molecular weight is 402 g/mol. The van der Waals surface area contributed by atoms with Gasteiger partial charge in [-0.25, -0.2) is 22.2 Å². The number of anilines is 1. The molecule has 0 saturated heterocycles. The van der Waals surface area contributed by atoms with Crippen LogP contribution in [0.1, 0.15) is 11.1 Å². The maximum Gasteiger partial charge on any atom is 0.152 e. The second kappa shape index (κ2) is 9.18. The van der Waals surface area contributed by atoms with Gasteiger partial charge in [0.2, 0.25) is 0 Å². The Hall–Kier alpha value is -3.42. The summed E-state index contributed by atoms with van der Waals surface area (Å²) >= 11 is 0. The zero-order chi connectivity index (χ0) is 20.8. The topological polar surface area (TPSA) is 42.2 Å². The number of rotatable bonds is 7. The second-order valence-corrected chi connectivity index (χ2v) is 6.23. The lowest BCUT2D eigenvalue weighted by Crippen LogP contribution is -2.06. The van der Waals surface area contributed by atoms with Crippen LogP contribution in [-0.2, 0) is 6.42 Å². The fourth-order valence-electron chi connectivity index (χ4n) is 2.85. The molecule has 1 aromatic heterocycles. The Balaban J connectivity index is 1.61. The minimum Gasteiger partial charge on any atom is -0.359 e. The van der Waals surface area contributed by atoms with Crippen LogP contribution in [0.15, 0.2) is 60.0 Å². The normalized spacial score (nSPS) is 11.6. The van der Waals surface area contributed by atoms with E-state index in [-0.39, 0.29) is 17.9 Å². The third-order valence-electron chi connectivity index (χ3n) is 4.12. The lowest BCUT2D eigenvalue weighted by Gasteiger charge is -2.10. The highest BCUT2D eigenvalue weighted by Crippen LogP contribution is 2.21. The summed E-state index contributed by atoms with van der Waals surface area (Å²) in [5.74, 6) is -2.70. The molecule has 0 radical (unpaired) electrons. The van der Waals surface area contributed by atoms with Crippen molar-refractivity contribution in [2.24, 2.45) is 4.99 Å². The zero-order valence-corrected chi connectivity index (χ0v) is 15.5. The molecule has 3 rings (SSSR count). The number of aliphatic imine (C=N–C) groups is 1. The van der Waals surface area contributed by atoms with Gasteiger partial charge in [0.25, 0.3) is 0 Å². The molecule has 1 N–H and O–H groups in total. The Morgan fingerprint density at radius 2 is 1.83 bits per heavy atom. The van der Waals surface area contributed by atoms with Gasteiger partial charge in [-0.1, -0.05) is 0 Å². The van der Waals surface area contributed by atoms with Crippen molar-refractivity contribution in [2.45, 2.75) is 13.3 Å². The average Bonchev–Trinajstić information content (AvgIpc) is 3.16. The van der Waals surface area contributed by atoms with Crippen LogP contribution in [0, 0.1) is 30.2 Å². The number of nitrogens with one attached hydrogen (secondary N) is 1. The summed E-state index contributed by atoms with van der Waals surface area (Å²) in [6.07, 6.45) is 7.87. The third kappa shape index (κ3) is 5.10. The molecule has 0 fully saturated rings. The van der Waals surface area contributed by atoms with E-state index >= 15 is 0 Å². The van der Waals surface area contributed by atoms with E-state index in [1.54, 1.807) is 25.3 Å². The maximum absolute atomic E-state index is 14.2. The van der Waals surface area contributed by atoms with Crippen molar-refractivity contribution in [3.8, 4) is 5.69 Å². The van der Waals surface area contributed by atoms with Crippen LogP contribution < -0.4 is 5.32 Å². The van der Waals surface area contributed by atoms with E-state index in [1.165, 1.54) is 35.4 Å². The number of benzene rings is 2. The first-order valence-corrected chi connectivity index (χ1v) is 8.81. The molecule has 0 amide bonds. The van der Waals surface area contributed by atoms with Crippen molar-refractivity contribution < 1.29 is 17.6 Å². The van der Waals surface area contributed by atoms with Crippen LogP contribution in [0.3, 0.4) is 0 Å². The number of aryl methyl sites for hydroxylation is 1. The first-order chi connectivity index (χ1) is 14.0. The summed E-state index contributed by atoms with van der Waals surface area (Å²) in [6.45, 7) is 1.87. The minimum absolute atomic E-state index is 0.176. The first kappa shape index (κ1) is 20.3. The highest BCUT2D eigenvalue weighted by atomic mass is 19.1. The molecular formula is C21H18F4N4. The smallest absolute Gasteiger partial charge is 0.152 e. The fraction of sp³-hybridized carbons (Fsp3) is 0.143. The third-order valence-corrected chi connectivity index (χ3v) is 4.12. The van der Waals surface area contributed by atoms with Gasteiger partial charge in [-0.3, -0.25) is 4.99 Å². The second-order valence-electron chi connectivity index (χ2n) is 6.23. The summed E-state index contributed by atoms with van der Waals surface area (Å²) in [6, 6.07) is 5.74. The highest BCUT2D eigenvalue weighted by Gasteiger charge is 2.13. The van der Waals surface area contributed by atoms with E-state index in [0.29, 0.717) is 17.5 Å². The molecule has 0 saturated carbocycles. The van der Waals surface area contributed by atoms with Gasteiger partial charge in [0.15, 0.2) is 5.82 Å². The van der Waals surface area contributed by atoms with Crippen LogP contribution >= 0.6 is 0 Å². The largest absolute Gasteiger partial charge is 0.359 e. The maximum atomic E-state index is 14.2. The van der Waals surface area contributed by atoms with Crippen molar-refractivity contribution in [3.63, 3.8) is 0 Å². The van der Waals surface area contributed by atoms with Gasteiger partial charge in [0, 0.05) is 43.5 Å². The van der Waals surface area contributed by atoms with E-state index in [9.17, 15) is 17.6 Å². The van der Waals surface area contributed by atoms with Crippen LogP contribution in [0.4, 0.5) is 23.2 Å². The molecule has 0 spiro atoms. The predicted octanol–water partition coefficient (Wildman–Crippen LogP) is 4.98. The minimum atomic E-state index is -0.700. The van der Waals surface area contributed by atoms with Crippen LogP contribution in [0.25, 0.3) is 5.69 Å². The number of aromatic nitrogens is 2. The molecule has 0 aliphatic carbocycles. The molecule has 8 heteroatoms. The summed E-state index contributed by atoms with van der Waals surface area (Å²) in [5, 5.41) is 6.73. The lowest BCUT2D eigenvalue weighted by atomic mass is 10.1. The van der Waals surface area contributed by atoms with Crippen molar-refractivity contribution in [1.29, 1.82) is 0 Å². The van der Waals surface area contributed by atoms with E-state index < -0.39 is 23.3 Å². The summed E-state index contributed by atoms with van der Waals surface area (Å²) < 4.78 is 55.9. The van der Waals surface area contributed by atoms with Gasteiger partial charge >= 0.3 is 0 Å². The molecular weight excluding hydrogens is 384 g/mol. The summed E-state index contributed by atoms with van der Waals surface area (Å²) in [7, 11) is 0. The Morgan fingerprint density at radius 3 is 2.55 bits per heavy atom. The number of halogens is 4. The molecule has 3 aromatic rings. The molecule has 2 aromatic carbocycles.